The van der Waals surface area contributed by atoms with Gasteiger partial charge in [-0.2, -0.15) is 0 Å². The van der Waals surface area contributed by atoms with Crippen LogP contribution in [0, 0.1) is 0 Å². The first-order chi connectivity index (χ1) is 7.70. The van der Waals surface area contributed by atoms with Gasteiger partial charge in [0.25, 0.3) is 0 Å². The summed E-state index contributed by atoms with van der Waals surface area (Å²) in [6.07, 6.45) is 4.11. The fourth-order valence-corrected chi connectivity index (χ4v) is 1.89. The Morgan fingerprint density at radius 2 is 1.94 bits per heavy atom. The lowest BCUT2D eigenvalue weighted by Crippen LogP contribution is -2.28. The van der Waals surface area contributed by atoms with Crippen LogP contribution in [-0.4, -0.2) is 18.1 Å². The summed E-state index contributed by atoms with van der Waals surface area (Å²) in [5.41, 5.74) is 7.12. The number of rotatable bonds is 6. The van der Waals surface area contributed by atoms with E-state index in [1.807, 2.05) is 19.2 Å². The molecule has 1 aromatic rings. The smallest absolute Gasteiger partial charge is 0.133 e. The normalized spacial score (nSPS) is 12.5. The van der Waals surface area contributed by atoms with Crippen molar-refractivity contribution >= 4 is 5.82 Å². The van der Waals surface area contributed by atoms with Gasteiger partial charge in [-0.3, -0.25) is 0 Å². The van der Waals surface area contributed by atoms with Crippen molar-refractivity contribution < 1.29 is 0 Å². The lowest BCUT2D eigenvalue weighted by atomic mass is 10.1. The SMILES string of the molecule is CCCN(CCC)c1ncccc1[C@H](C)N. The van der Waals surface area contributed by atoms with Gasteiger partial charge in [0, 0.05) is 30.9 Å². The molecule has 1 heterocycles. The monoisotopic (exact) mass is 221 g/mol. The highest BCUT2D eigenvalue weighted by atomic mass is 15.2. The van der Waals surface area contributed by atoms with Gasteiger partial charge < -0.3 is 10.6 Å². The summed E-state index contributed by atoms with van der Waals surface area (Å²) >= 11 is 0. The van der Waals surface area contributed by atoms with Crippen molar-refractivity contribution in [2.24, 2.45) is 5.73 Å². The zero-order chi connectivity index (χ0) is 12.0. The van der Waals surface area contributed by atoms with Crippen LogP contribution in [0.1, 0.15) is 45.2 Å². The van der Waals surface area contributed by atoms with Crippen molar-refractivity contribution in [3.8, 4) is 0 Å². The van der Waals surface area contributed by atoms with E-state index in [0.717, 1.165) is 37.3 Å². The molecule has 0 unspecified atom stereocenters. The summed E-state index contributed by atoms with van der Waals surface area (Å²) in [6, 6.07) is 4.07. The Bertz CT molecular complexity index is 304. The summed E-state index contributed by atoms with van der Waals surface area (Å²) in [5.74, 6) is 1.06. The molecule has 1 atom stereocenters. The number of hydrogen-bond acceptors (Lipinski definition) is 3. The van der Waals surface area contributed by atoms with Crippen LogP contribution in [0.2, 0.25) is 0 Å². The Kier molecular flexibility index (Phi) is 5.26. The van der Waals surface area contributed by atoms with Crippen LogP contribution >= 0.6 is 0 Å². The van der Waals surface area contributed by atoms with Gasteiger partial charge in [-0.1, -0.05) is 19.9 Å². The predicted octanol–water partition coefficient (Wildman–Crippen LogP) is 2.73. The van der Waals surface area contributed by atoms with Gasteiger partial charge in [0.2, 0.25) is 0 Å². The third-order valence-corrected chi connectivity index (χ3v) is 2.59. The predicted molar refractivity (Wildman–Crippen MR) is 69.6 cm³/mol. The fraction of sp³-hybridized carbons (Fsp3) is 0.615. The Labute approximate surface area is 98.7 Å². The maximum Gasteiger partial charge on any atom is 0.133 e. The number of anilines is 1. The molecule has 0 aromatic carbocycles. The Morgan fingerprint density at radius 1 is 1.31 bits per heavy atom. The number of nitrogens with two attached hydrogens (primary N) is 1. The van der Waals surface area contributed by atoms with Gasteiger partial charge in [-0.05, 0) is 25.8 Å². The molecule has 3 heteroatoms. The average molecular weight is 221 g/mol. The van der Waals surface area contributed by atoms with E-state index >= 15 is 0 Å². The van der Waals surface area contributed by atoms with Crippen LogP contribution in [0.5, 0.6) is 0 Å². The molecule has 0 saturated carbocycles. The molecule has 1 aromatic heterocycles. The highest BCUT2D eigenvalue weighted by Crippen LogP contribution is 2.22. The Morgan fingerprint density at radius 3 is 2.44 bits per heavy atom. The molecular weight excluding hydrogens is 198 g/mol. The molecule has 3 nitrogen and oxygen atoms in total. The van der Waals surface area contributed by atoms with Gasteiger partial charge in [0.15, 0.2) is 0 Å². The molecule has 90 valence electrons. The summed E-state index contributed by atoms with van der Waals surface area (Å²) < 4.78 is 0. The van der Waals surface area contributed by atoms with Crippen LogP contribution in [0.25, 0.3) is 0 Å². The molecule has 0 radical (unpaired) electrons. The Balaban J connectivity index is 2.97. The standard InChI is InChI=1S/C13H23N3/c1-4-9-16(10-5-2)13-12(11(3)14)7-6-8-15-13/h6-8,11H,4-5,9-10,14H2,1-3H3/t11-/m0/s1. The maximum absolute atomic E-state index is 5.98. The van der Waals surface area contributed by atoms with Crippen LogP contribution in [0.3, 0.4) is 0 Å². The molecule has 0 aliphatic carbocycles. The highest BCUT2D eigenvalue weighted by molar-refractivity contribution is 5.48. The maximum atomic E-state index is 5.98. The highest BCUT2D eigenvalue weighted by Gasteiger charge is 2.13. The van der Waals surface area contributed by atoms with Gasteiger partial charge in [-0.15, -0.1) is 0 Å². The van der Waals surface area contributed by atoms with Crippen LogP contribution in [0.15, 0.2) is 18.3 Å². The molecule has 0 saturated heterocycles. The minimum atomic E-state index is 0.0416. The van der Waals surface area contributed by atoms with Gasteiger partial charge in [0.05, 0.1) is 0 Å². The van der Waals surface area contributed by atoms with Crippen molar-refractivity contribution in [2.45, 2.75) is 39.7 Å². The Hall–Kier alpha value is -1.09. The molecule has 2 N–H and O–H groups in total. The van der Waals surface area contributed by atoms with Crippen molar-refractivity contribution in [1.82, 2.24) is 4.98 Å². The van der Waals surface area contributed by atoms with Crippen molar-refractivity contribution in [3.63, 3.8) is 0 Å². The molecule has 16 heavy (non-hydrogen) atoms. The minimum Gasteiger partial charge on any atom is -0.356 e. The van der Waals surface area contributed by atoms with Crippen LogP contribution in [0.4, 0.5) is 5.82 Å². The number of hydrogen-bond donors (Lipinski definition) is 1. The third-order valence-electron chi connectivity index (χ3n) is 2.59. The van der Waals surface area contributed by atoms with E-state index in [0.29, 0.717) is 0 Å². The minimum absolute atomic E-state index is 0.0416. The summed E-state index contributed by atoms with van der Waals surface area (Å²) in [4.78, 5) is 6.82. The zero-order valence-corrected chi connectivity index (χ0v) is 10.6. The summed E-state index contributed by atoms with van der Waals surface area (Å²) in [6.45, 7) is 8.49. The molecule has 0 aliphatic heterocycles. The van der Waals surface area contributed by atoms with Gasteiger partial charge in [0.1, 0.15) is 5.82 Å². The molecule has 0 bridgehead atoms. The van der Waals surface area contributed by atoms with E-state index in [4.69, 9.17) is 5.73 Å². The van der Waals surface area contributed by atoms with E-state index in [1.165, 1.54) is 0 Å². The largest absolute Gasteiger partial charge is 0.356 e. The van der Waals surface area contributed by atoms with E-state index in [1.54, 1.807) is 0 Å². The summed E-state index contributed by atoms with van der Waals surface area (Å²) in [5, 5.41) is 0. The molecule has 0 aliphatic rings. The molecule has 1 rings (SSSR count). The third kappa shape index (κ3) is 3.20. The first-order valence-corrected chi connectivity index (χ1v) is 6.16. The van der Waals surface area contributed by atoms with Gasteiger partial charge in [-0.25, -0.2) is 4.98 Å². The average Bonchev–Trinajstić information content (AvgIpc) is 2.29. The lowest BCUT2D eigenvalue weighted by Gasteiger charge is -2.26. The van der Waals surface area contributed by atoms with Crippen molar-refractivity contribution in [2.75, 3.05) is 18.0 Å². The fourth-order valence-electron chi connectivity index (χ4n) is 1.89. The van der Waals surface area contributed by atoms with Crippen LogP contribution in [-0.2, 0) is 0 Å². The van der Waals surface area contributed by atoms with Crippen LogP contribution < -0.4 is 10.6 Å². The number of pyridine rings is 1. The number of nitrogens with zero attached hydrogens (tertiary/aromatic N) is 2. The topological polar surface area (TPSA) is 42.2 Å². The molecule has 0 fully saturated rings. The van der Waals surface area contributed by atoms with Crippen molar-refractivity contribution in [3.05, 3.63) is 23.9 Å². The molecule has 0 amide bonds. The van der Waals surface area contributed by atoms with E-state index in [-0.39, 0.29) is 6.04 Å². The first kappa shape index (κ1) is 13.0. The number of aromatic nitrogens is 1. The second kappa shape index (κ2) is 6.48. The molecular formula is C13H23N3. The second-order valence-electron chi connectivity index (χ2n) is 4.19. The lowest BCUT2D eigenvalue weighted by molar-refractivity contribution is 0.715. The second-order valence-corrected chi connectivity index (χ2v) is 4.19. The van der Waals surface area contributed by atoms with E-state index in [2.05, 4.69) is 29.8 Å². The summed E-state index contributed by atoms with van der Waals surface area (Å²) in [7, 11) is 0. The zero-order valence-electron chi connectivity index (χ0n) is 10.6. The van der Waals surface area contributed by atoms with E-state index in [9.17, 15) is 0 Å². The van der Waals surface area contributed by atoms with Crippen molar-refractivity contribution in [1.29, 1.82) is 0 Å². The van der Waals surface area contributed by atoms with E-state index < -0.39 is 0 Å². The first-order valence-electron chi connectivity index (χ1n) is 6.16. The quantitative estimate of drug-likeness (QED) is 0.803. The molecule has 0 spiro atoms. The van der Waals surface area contributed by atoms with Gasteiger partial charge >= 0.3 is 0 Å².